The average Bonchev–Trinajstić information content (AvgIpc) is 3.01. The molecule has 1 aliphatic rings. The van der Waals surface area contributed by atoms with Gasteiger partial charge in [0.15, 0.2) is 16.9 Å². The molecule has 1 aliphatic heterocycles. The van der Waals surface area contributed by atoms with Gasteiger partial charge in [0.2, 0.25) is 5.76 Å². The fraction of sp³-hybridized carbons (Fsp3) is 0.304. The summed E-state index contributed by atoms with van der Waals surface area (Å²) in [6, 6.07) is 8.04. The fourth-order valence-electron chi connectivity index (χ4n) is 3.93. The number of aryl methyl sites for hydroxylation is 1. The summed E-state index contributed by atoms with van der Waals surface area (Å²) in [4.78, 5) is 30.5. The highest BCUT2D eigenvalue weighted by molar-refractivity contribution is 9.10. The molecule has 3 aromatic rings. The van der Waals surface area contributed by atoms with Crippen molar-refractivity contribution in [2.24, 2.45) is 0 Å². The van der Waals surface area contributed by atoms with E-state index in [2.05, 4.69) is 15.9 Å². The lowest BCUT2D eigenvalue weighted by Crippen LogP contribution is -2.35. The molecule has 2 heterocycles. The van der Waals surface area contributed by atoms with Gasteiger partial charge in [0.25, 0.3) is 5.91 Å². The fourth-order valence-corrected chi connectivity index (χ4v) is 4.39. The molecule has 0 radical (unpaired) electrons. The number of amides is 1. The molecular weight excluding hydrogens is 464 g/mol. The quantitative estimate of drug-likeness (QED) is 0.592. The maximum absolute atomic E-state index is 13.6. The monoisotopic (exact) mass is 486 g/mol. The van der Waals surface area contributed by atoms with Crippen molar-refractivity contribution in [2.75, 3.05) is 34.3 Å². The highest BCUT2D eigenvalue weighted by atomic mass is 79.9. The van der Waals surface area contributed by atoms with Crippen LogP contribution < -0.4 is 10.2 Å². The third-order valence-electron chi connectivity index (χ3n) is 5.50. The van der Waals surface area contributed by atoms with Crippen LogP contribution in [0.15, 0.2) is 44.0 Å². The van der Waals surface area contributed by atoms with Gasteiger partial charge in [0.1, 0.15) is 5.58 Å². The second kappa shape index (κ2) is 8.01. The number of carbonyl (C=O) groups excluding carboxylic acids is 1. The number of hydrogen-bond donors (Lipinski definition) is 1. The second-order valence-corrected chi connectivity index (χ2v) is 8.79. The standard InChI is InChI=1S/C23H23BrN2O5/c1-12-5-6-16-14(9-12)20(27)18-19(13-10-15(24)21(28)17(11-13)30-4)26(8-7-25(2)3)23(29)22(18)31-16/h5-6,9-11,19,28H,7-8H2,1-4H3. The number of rotatable bonds is 5. The number of methoxy groups -OCH3 is 1. The van der Waals surface area contributed by atoms with Crippen LogP contribution in [0.1, 0.15) is 33.3 Å². The molecule has 8 heteroatoms. The Labute approximate surface area is 188 Å². The van der Waals surface area contributed by atoms with Crippen molar-refractivity contribution in [1.29, 1.82) is 0 Å². The molecule has 0 spiro atoms. The van der Waals surface area contributed by atoms with E-state index >= 15 is 0 Å². The Morgan fingerprint density at radius 2 is 1.97 bits per heavy atom. The topological polar surface area (TPSA) is 83.2 Å². The van der Waals surface area contributed by atoms with Gasteiger partial charge < -0.3 is 24.1 Å². The molecule has 0 saturated carbocycles. The van der Waals surface area contributed by atoms with E-state index in [1.165, 1.54) is 7.11 Å². The Morgan fingerprint density at radius 3 is 2.65 bits per heavy atom. The predicted molar refractivity (Wildman–Crippen MR) is 121 cm³/mol. The minimum Gasteiger partial charge on any atom is -0.503 e. The van der Waals surface area contributed by atoms with Crippen molar-refractivity contribution in [1.82, 2.24) is 9.80 Å². The lowest BCUT2D eigenvalue weighted by molar-refractivity contribution is 0.0716. The van der Waals surface area contributed by atoms with Crippen LogP contribution in [0.2, 0.25) is 0 Å². The number of likely N-dealkylation sites (N-methyl/N-ethyl adjacent to an activating group) is 1. The lowest BCUT2D eigenvalue weighted by atomic mass is 9.97. The molecule has 1 aromatic heterocycles. The molecule has 0 bridgehead atoms. The number of phenols is 1. The van der Waals surface area contributed by atoms with Gasteiger partial charge in [-0.1, -0.05) is 11.6 Å². The minimum absolute atomic E-state index is 0.0446. The van der Waals surface area contributed by atoms with E-state index in [9.17, 15) is 14.7 Å². The van der Waals surface area contributed by atoms with Gasteiger partial charge in [-0.15, -0.1) is 0 Å². The van der Waals surface area contributed by atoms with Crippen LogP contribution >= 0.6 is 15.9 Å². The molecule has 1 N–H and O–H groups in total. The predicted octanol–water partition coefficient (Wildman–Crippen LogP) is 3.68. The molecule has 7 nitrogen and oxygen atoms in total. The van der Waals surface area contributed by atoms with Crippen LogP contribution in [-0.4, -0.2) is 55.1 Å². The third-order valence-corrected chi connectivity index (χ3v) is 6.10. The molecule has 1 amide bonds. The van der Waals surface area contributed by atoms with Crippen molar-refractivity contribution in [2.45, 2.75) is 13.0 Å². The van der Waals surface area contributed by atoms with Crippen LogP contribution in [0.25, 0.3) is 11.0 Å². The molecule has 31 heavy (non-hydrogen) atoms. The van der Waals surface area contributed by atoms with Gasteiger partial charge in [-0.05, 0) is 66.8 Å². The molecule has 0 aliphatic carbocycles. The first kappa shape index (κ1) is 21.4. The number of aromatic hydroxyl groups is 1. The summed E-state index contributed by atoms with van der Waals surface area (Å²) < 4.78 is 11.7. The number of carbonyl (C=O) groups is 1. The normalized spacial score (nSPS) is 15.7. The van der Waals surface area contributed by atoms with Gasteiger partial charge >= 0.3 is 0 Å². The largest absolute Gasteiger partial charge is 0.503 e. The summed E-state index contributed by atoms with van der Waals surface area (Å²) in [6.07, 6.45) is 0. The van der Waals surface area contributed by atoms with Crippen molar-refractivity contribution in [3.8, 4) is 11.5 Å². The van der Waals surface area contributed by atoms with Gasteiger partial charge in [-0.3, -0.25) is 9.59 Å². The molecule has 162 valence electrons. The van der Waals surface area contributed by atoms with E-state index in [0.29, 0.717) is 39.7 Å². The van der Waals surface area contributed by atoms with Gasteiger partial charge in [0.05, 0.1) is 28.6 Å². The number of benzene rings is 2. The Bertz CT molecular complexity index is 1250. The summed E-state index contributed by atoms with van der Waals surface area (Å²) in [5, 5.41) is 10.7. The smallest absolute Gasteiger partial charge is 0.290 e. The van der Waals surface area contributed by atoms with Crippen molar-refractivity contribution in [3.05, 3.63) is 67.5 Å². The minimum atomic E-state index is -0.658. The van der Waals surface area contributed by atoms with Crippen molar-refractivity contribution in [3.63, 3.8) is 0 Å². The second-order valence-electron chi connectivity index (χ2n) is 7.93. The van der Waals surface area contributed by atoms with Crippen LogP contribution in [0, 0.1) is 6.92 Å². The molecule has 4 rings (SSSR count). The Balaban J connectivity index is 1.98. The van der Waals surface area contributed by atoms with Crippen LogP contribution in [0.5, 0.6) is 11.5 Å². The first-order valence-corrected chi connectivity index (χ1v) is 10.6. The maximum Gasteiger partial charge on any atom is 0.290 e. The van der Waals surface area contributed by atoms with Gasteiger partial charge in [-0.25, -0.2) is 0 Å². The zero-order valence-corrected chi connectivity index (χ0v) is 19.3. The lowest BCUT2D eigenvalue weighted by Gasteiger charge is -2.27. The van der Waals surface area contributed by atoms with E-state index in [1.54, 1.807) is 29.2 Å². The summed E-state index contributed by atoms with van der Waals surface area (Å²) in [5.74, 6) is -0.0615. The number of hydrogen-bond acceptors (Lipinski definition) is 6. The molecular formula is C23H23BrN2O5. The molecule has 1 atom stereocenters. The number of halogens is 1. The Morgan fingerprint density at radius 1 is 1.23 bits per heavy atom. The highest BCUT2D eigenvalue weighted by Crippen LogP contribution is 2.43. The van der Waals surface area contributed by atoms with E-state index in [0.717, 1.165) is 5.56 Å². The van der Waals surface area contributed by atoms with Crippen molar-refractivity contribution >= 4 is 32.8 Å². The molecule has 0 fully saturated rings. The first-order chi connectivity index (χ1) is 14.7. The van der Waals surface area contributed by atoms with Crippen molar-refractivity contribution < 1.29 is 19.1 Å². The summed E-state index contributed by atoms with van der Waals surface area (Å²) in [7, 11) is 5.29. The number of fused-ring (bicyclic) bond motifs is 2. The Hall–Kier alpha value is -2.84. The van der Waals surface area contributed by atoms with E-state index < -0.39 is 6.04 Å². The maximum atomic E-state index is 13.6. The average molecular weight is 487 g/mol. The van der Waals surface area contributed by atoms with Gasteiger partial charge in [0, 0.05) is 13.1 Å². The summed E-state index contributed by atoms with van der Waals surface area (Å²) in [5.41, 5.74) is 2.04. The zero-order chi connectivity index (χ0) is 22.4. The van der Waals surface area contributed by atoms with E-state index in [4.69, 9.17) is 9.15 Å². The molecule has 1 unspecified atom stereocenters. The summed E-state index contributed by atoms with van der Waals surface area (Å²) in [6.45, 7) is 2.91. The van der Waals surface area contributed by atoms with E-state index in [1.807, 2.05) is 32.0 Å². The number of phenolic OH excluding ortho intramolecular Hbond substituents is 1. The third kappa shape index (κ3) is 3.59. The zero-order valence-electron chi connectivity index (χ0n) is 17.7. The van der Waals surface area contributed by atoms with Crippen LogP contribution in [-0.2, 0) is 0 Å². The first-order valence-electron chi connectivity index (χ1n) is 9.82. The molecule has 2 aromatic carbocycles. The van der Waals surface area contributed by atoms with Crippen LogP contribution in [0.4, 0.5) is 0 Å². The SMILES string of the molecule is COc1cc(C2c3c(oc4ccc(C)cc4c3=O)C(=O)N2CCN(C)C)cc(Br)c1O. The summed E-state index contributed by atoms with van der Waals surface area (Å²) >= 11 is 3.35. The molecule has 0 saturated heterocycles. The Kier molecular flexibility index (Phi) is 5.53. The highest BCUT2D eigenvalue weighted by Gasteiger charge is 2.43. The van der Waals surface area contributed by atoms with Gasteiger partial charge in [-0.2, -0.15) is 0 Å². The van der Waals surface area contributed by atoms with Crippen LogP contribution in [0.3, 0.4) is 0 Å². The number of nitrogens with zero attached hydrogens (tertiary/aromatic N) is 2. The number of ether oxygens (including phenoxy) is 1. The van der Waals surface area contributed by atoms with E-state index in [-0.39, 0.29) is 28.6 Å².